The predicted octanol–water partition coefficient (Wildman–Crippen LogP) is 2.64. The average molecular weight is 285 g/mol. The van der Waals surface area contributed by atoms with Crippen molar-refractivity contribution in [3.05, 3.63) is 46.6 Å². The molecule has 108 valence electrons. The highest BCUT2D eigenvalue weighted by molar-refractivity contribution is 5.90. The zero-order valence-corrected chi connectivity index (χ0v) is 11.6. The van der Waals surface area contributed by atoms with Gasteiger partial charge in [-0.3, -0.25) is 10.5 Å². The van der Waals surface area contributed by atoms with Crippen LogP contribution >= 0.6 is 0 Å². The molecular formula is C16H15NO4. The largest absolute Gasteiger partial charge is 0.494 e. The lowest BCUT2D eigenvalue weighted by Gasteiger charge is -2.07. The molecule has 0 unspecified atom stereocenters. The van der Waals surface area contributed by atoms with E-state index in [1.165, 1.54) is 0 Å². The topological polar surface area (TPSA) is 74.7 Å². The van der Waals surface area contributed by atoms with E-state index >= 15 is 0 Å². The Morgan fingerprint density at radius 1 is 1.00 bits per heavy atom. The van der Waals surface area contributed by atoms with Crippen LogP contribution in [-0.4, -0.2) is 13.3 Å². The standard InChI is InChI=1S/C16H15NO4/c1-2-19-10-3-5-14-12(7-10)16(18)13-8-11(20-9-17)4-6-15(13)21-14/h3-8H,2,9,17H2,1H3. The molecule has 0 aliphatic heterocycles. The SMILES string of the molecule is CCOc1ccc2oc3ccc(OCN)cc3c(=O)c2c1. The fourth-order valence-electron chi connectivity index (χ4n) is 2.26. The van der Waals surface area contributed by atoms with Gasteiger partial charge in [0.1, 0.15) is 29.4 Å². The normalized spacial score (nSPS) is 11.0. The lowest BCUT2D eigenvalue weighted by molar-refractivity contribution is 0.330. The third kappa shape index (κ3) is 2.43. The lowest BCUT2D eigenvalue weighted by atomic mass is 10.1. The molecule has 0 spiro atoms. The molecule has 0 saturated heterocycles. The Hall–Kier alpha value is -2.53. The van der Waals surface area contributed by atoms with E-state index in [9.17, 15) is 4.79 Å². The van der Waals surface area contributed by atoms with Crippen molar-refractivity contribution in [3.63, 3.8) is 0 Å². The molecule has 1 heterocycles. The number of fused-ring (bicyclic) bond motifs is 2. The van der Waals surface area contributed by atoms with Gasteiger partial charge >= 0.3 is 0 Å². The minimum atomic E-state index is -0.115. The Morgan fingerprint density at radius 3 is 2.10 bits per heavy atom. The van der Waals surface area contributed by atoms with Crippen molar-refractivity contribution in [1.29, 1.82) is 0 Å². The smallest absolute Gasteiger partial charge is 0.200 e. The molecular weight excluding hydrogens is 270 g/mol. The maximum absolute atomic E-state index is 12.6. The predicted molar refractivity (Wildman–Crippen MR) is 80.8 cm³/mol. The molecule has 5 nitrogen and oxygen atoms in total. The summed E-state index contributed by atoms with van der Waals surface area (Å²) in [4.78, 5) is 12.6. The molecule has 0 atom stereocenters. The van der Waals surface area contributed by atoms with Crippen molar-refractivity contribution < 1.29 is 13.9 Å². The first-order valence-corrected chi connectivity index (χ1v) is 6.69. The van der Waals surface area contributed by atoms with Crippen LogP contribution in [0.4, 0.5) is 0 Å². The Bertz CT molecular complexity index is 787. The number of ether oxygens (including phenoxy) is 2. The van der Waals surface area contributed by atoms with Gasteiger partial charge in [0.05, 0.1) is 17.4 Å². The maximum atomic E-state index is 12.6. The molecule has 0 bridgehead atoms. The van der Waals surface area contributed by atoms with Crippen LogP contribution in [0.1, 0.15) is 6.92 Å². The van der Waals surface area contributed by atoms with Crippen LogP contribution in [0.3, 0.4) is 0 Å². The number of hydrogen-bond donors (Lipinski definition) is 1. The molecule has 2 aromatic carbocycles. The van der Waals surface area contributed by atoms with Gasteiger partial charge in [-0.25, -0.2) is 0 Å². The molecule has 0 aliphatic carbocycles. The quantitative estimate of drug-likeness (QED) is 0.589. The van der Waals surface area contributed by atoms with E-state index in [0.717, 1.165) is 0 Å². The molecule has 0 amide bonds. The summed E-state index contributed by atoms with van der Waals surface area (Å²) in [5.41, 5.74) is 6.28. The van der Waals surface area contributed by atoms with Crippen LogP contribution < -0.4 is 20.6 Å². The Balaban J connectivity index is 2.26. The summed E-state index contributed by atoms with van der Waals surface area (Å²) in [5.74, 6) is 1.18. The number of nitrogens with two attached hydrogens (primary N) is 1. The molecule has 5 heteroatoms. The fourth-order valence-corrected chi connectivity index (χ4v) is 2.26. The number of rotatable bonds is 4. The van der Waals surface area contributed by atoms with Crippen LogP contribution in [0, 0.1) is 0 Å². The van der Waals surface area contributed by atoms with Gasteiger partial charge in [0.2, 0.25) is 5.43 Å². The Labute approximate surface area is 120 Å². The van der Waals surface area contributed by atoms with Crippen molar-refractivity contribution in [1.82, 2.24) is 0 Å². The molecule has 0 radical (unpaired) electrons. The van der Waals surface area contributed by atoms with Crippen LogP contribution in [-0.2, 0) is 0 Å². The summed E-state index contributed by atoms with van der Waals surface area (Å²) < 4.78 is 16.4. The van der Waals surface area contributed by atoms with E-state index in [-0.39, 0.29) is 12.2 Å². The van der Waals surface area contributed by atoms with Crippen molar-refractivity contribution in [2.75, 3.05) is 13.3 Å². The van der Waals surface area contributed by atoms with Gasteiger partial charge in [-0.1, -0.05) is 0 Å². The van der Waals surface area contributed by atoms with Crippen molar-refractivity contribution >= 4 is 21.9 Å². The fraction of sp³-hybridized carbons (Fsp3) is 0.188. The summed E-state index contributed by atoms with van der Waals surface area (Å²) in [5, 5.41) is 0.945. The summed E-state index contributed by atoms with van der Waals surface area (Å²) >= 11 is 0. The number of benzene rings is 2. The third-order valence-corrected chi connectivity index (χ3v) is 3.17. The Morgan fingerprint density at radius 2 is 1.57 bits per heavy atom. The van der Waals surface area contributed by atoms with Gasteiger partial charge < -0.3 is 13.9 Å². The van der Waals surface area contributed by atoms with E-state index in [1.54, 1.807) is 36.4 Å². The highest BCUT2D eigenvalue weighted by Gasteiger charge is 2.10. The number of hydrogen-bond acceptors (Lipinski definition) is 5. The van der Waals surface area contributed by atoms with Crippen LogP contribution in [0.25, 0.3) is 21.9 Å². The van der Waals surface area contributed by atoms with E-state index in [1.807, 2.05) is 6.92 Å². The van der Waals surface area contributed by atoms with Crippen molar-refractivity contribution in [2.24, 2.45) is 5.73 Å². The zero-order chi connectivity index (χ0) is 14.8. The molecule has 0 aliphatic rings. The maximum Gasteiger partial charge on any atom is 0.200 e. The molecule has 0 fully saturated rings. The summed E-state index contributed by atoms with van der Waals surface area (Å²) in [6.07, 6.45) is 0. The summed E-state index contributed by atoms with van der Waals surface area (Å²) in [7, 11) is 0. The molecule has 21 heavy (non-hydrogen) atoms. The van der Waals surface area contributed by atoms with Crippen molar-refractivity contribution in [2.45, 2.75) is 6.92 Å². The molecule has 3 rings (SSSR count). The third-order valence-electron chi connectivity index (χ3n) is 3.17. The molecule has 0 saturated carbocycles. The highest BCUT2D eigenvalue weighted by Crippen LogP contribution is 2.25. The minimum absolute atomic E-state index is 0.0545. The first kappa shape index (κ1) is 13.5. The monoisotopic (exact) mass is 285 g/mol. The van der Waals surface area contributed by atoms with E-state index in [2.05, 4.69) is 0 Å². The van der Waals surface area contributed by atoms with Crippen LogP contribution in [0.2, 0.25) is 0 Å². The Kier molecular flexibility index (Phi) is 3.50. The van der Waals surface area contributed by atoms with Gasteiger partial charge in [-0.2, -0.15) is 0 Å². The first-order valence-electron chi connectivity index (χ1n) is 6.69. The van der Waals surface area contributed by atoms with Crippen LogP contribution in [0.15, 0.2) is 45.6 Å². The average Bonchev–Trinajstić information content (AvgIpc) is 2.49. The van der Waals surface area contributed by atoms with Crippen LogP contribution in [0.5, 0.6) is 11.5 Å². The van der Waals surface area contributed by atoms with Gasteiger partial charge in [0, 0.05) is 0 Å². The molecule has 1 aromatic heterocycles. The second-order valence-corrected chi connectivity index (χ2v) is 4.49. The first-order chi connectivity index (χ1) is 10.2. The van der Waals surface area contributed by atoms with E-state index in [0.29, 0.717) is 40.0 Å². The summed E-state index contributed by atoms with van der Waals surface area (Å²) in [6.45, 7) is 2.49. The van der Waals surface area contributed by atoms with Crippen molar-refractivity contribution in [3.8, 4) is 11.5 Å². The van der Waals surface area contributed by atoms with Gasteiger partial charge in [-0.15, -0.1) is 0 Å². The lowest BCUT2D eigenvalue weighted by Crippen LogP contribution is -2.08. The second-order valence-electron chi connectivity index (χ2n) is 4.49. The van der Waals surface area contributed by atoms with Gasteiger partial charge in [0.15, 0.2) is 0 Å². The van der Waals surface area contributed by atoms with Gasteiger partial charge in [-0.05, 0) is 43.3 Å². The zero-order valence-electron chi connectivity index (χ0n) is 11.6. The second kappa shape index (κ2) is 5.46. The van der Waals surface area contributed by atoms with Gasteiger partial charge in [0.25, 0.3) is 0 Å². The minimum Gasteiger partial charge on any atom is -0.494 e. The molecule has 2 N–H and O–H groups in total. The van der Waals surface area contributed by atoms with E-state index in [4.69, 9.17) is 19.6 Å². The highest BCUT2D eigenvalue weighted by atomic mass is 16.5. The summed E-state index contributed by atoms with van der Waals surface area (Å²) in [6, 6.07) is 10.3. The van der Waals surface area contributed by atoms with E-state index < -0.39 is 0 Å². The molecule has 3 aromatic rings.